The van der Waals surface area contributed by atoms with Gasteiger partial charge in [0.1, 0.15) is 11.7 Å². The van der Waals surface area contributed by atoms with Gasteiger partial charge in [-0.2, -0.15) is 5.26 Å². The number of carbonyl (C=O) groups excluding carboxylic acids is 1. The SMILES string of the molecule is CC(C)=C1C(N2C[C@@H](C)C[C@@H](N(I)C(=O)CN3CCC(C)(F)CC3)C2)=CC=C(C#N)/C1=N/C=C\I. The number of amides is 1. The highest BCUT2D eigenvalue weighted by molar-refractivity contribution is 14.1. The molecule has 3 rings (SSSR count). The minimum atomic E-state index is -1.12. The molecule has 0 bridgehead atoms. The molecule has 0 aromatic carbocycles. The second-order valence-corrected chi connectivity index (χ2v) is 11.9. The predicted molar refractivity (Wildman–Crippen MR) is 156 cm³/mol. The van der Waals surface area contributed by atoms with Crippen LogP contribution in [0.15, 0.2) is 49.8 Å². The molecule has 3 aliphatic rings. The van der Waals surface area contributed by atoms with Gasteiger partial charge in [-0.1, -0.05) is 35.1 Å². The summed E-state index contributed by atoms with van der Waals surface area (Å²) in [6, 6.07) is 2.35. The molecule has 0 aromatic heterocycles. The average molecular weight is 705 g/mol. The van der Waals surface area contributed by atoms with E-state index in [2.05, 4.69) is 73.2 Å². The van der Waals surface area contributed by atoms with E-state index in [1.165, 1.54) is 0 Å². The zero-order chi connectivity index (χ0) is 25.8. The first-order valence-corrected chi connectivity index (χ1v) is 14.2. The molecule has 1 amide bonds. The third-order valence-electron chi connectivity index (χ3n) is 6.83. The number of piperidine rings is 2. The van der Waals surface area contributed by atoms with Gasteiger partial charge in [0, 0.05) is 43.6 Å². The minimum absolute atomic E-state index is 0.0679. The lowest BCUT2D eigenvalue weighted by atomic mass is 9.88. The highest BCUT2D eigenvalue weighted by Gasteiger charge is 2.36. The van der Waals surface area contributed by atoms with Gasteiger partial charge in [-0.3, -0.25) is 17.8 Å². The fourth-order valence-electron chi connectivity index (χ4n) is 4.98. The topological polar surface area (TPSA) is 62.9 Å². The van der Waals surface area contributed by atoms with Crippen LogP contribution in [0.3, 0.4) is 0 Å². The molecular weight excluding hydrogens is 671 g/mol. The van der Waals surface area contributed by atoms with Crippen molar-refractivity contribution in [3.63, 3.8) is 0 Å². The van der Waals surface area contributed by atoms with Gasteiger partial charge in [0.25, 0.3) is 0 Å². The monoisotopic (exact) mass is 705 g/mol. The van der Waals surface area contributed by atoms with Crippen LogP contribution in [0.4, 0.5) is 4.39 Å². The average Bonchev–Trinajstić information content (AvgIpc) is 2.82. The van der Waals surface area contributed by atoms with Gasteiger partial charge >= 0.3 is 0 Å². The quantitative estimate of drug-likeness (QED) is 0.271. The van der Waals surface area contributed by atoms with E-state index in [-0.39, 0.29) is 11.9 Å². The highest BCUT2D eigenvalue weighted by atomic mass is 127. The van der Waals surface area contributed by atoms with Crippen LogP contribution < -0.4 is 0 Å². The maximum absolute atomic E-state index is 14.2. The molecule has 2 heterocycles. The summed E-state index contributed by atoms with van der Waals surface area (Å²) in [5.74, 6) is 0.476. The number of allylic oxidation sites excluding steroid dienone is 5. The molecule has 0 spiro atoms. The molecule has 2 atom stereocenters. The number of hydrogen-bond donors (Lipinski definition) is 0. The molecule has 2 fully saturated rings. The Kier molecular flexibility index (Phi) is 9.97. The van der Waals surface area contributed by atoms with Crippen LogP contribution in [0.2, 0.25) is 0 Å². The van der Waals surface area contributed by atoms with Gasteiger partial charge in [0.15, 0.2) is 0 Å². The van der Waals surface area contributed by atoms with Crippen molar-refractivity contribution in [1.82, 2.24) is 12.9 Å². The zero-order valence-electron chi connectivity index (χ0n) is 20.9. The predicted octanol–water partition coefficient (Wildman–Crippen LogP) is 5.73. The fourth-order valence-corrected chi connectivity index (χ4v) is 5.70. The Labute approximate surface area is 236 Å². The second-order valence-electron chi connectivity index (χ2n) is 10.2. The maximum atomic E-state index is 14.2. The lowest BCUT2D eigenvalue weighted by Gasteiger charge is -2.43. The minimum Gasteiger partial charge on any atom is -0.369 e. The van der Waals surface area contributed by atoms with E-state index in [4.69, 9.17) is 0 Å². The number of likely N-dealkylation sites (tertiary alicyclic amines) is 2. The first kappa shape index (κ1) is 28.3. The zero-order valence-corrected chi connectivity index (χ0v) is 25.2. The molecule has 0 aromatic rings. The molecule has 9 heteroatoms. The fraction of sp³-hybridized carbons (Fsp3) is 0.577. The Morgan fingerprint density at radius 1 is 1.34 bits per heavy atom. The number of carbonyl (C=O) groups is 1. The van der Waals surface area contributed by atoms with Crippen molar-refractivity contribution >= 4 is 57.1 Å². The van der Waals surface area contributed by atoms with Crippen molar-refractivity contribution in [2.75, 3.05) is 32.7 Å². The van der Waals surface area contributed by atoms with E-state index >= 15 is 0 Å². The molecule has 2 aliphatic heterocycles. The van der Waals surface area contributed by atoms with Crippen LogP contribution in [0, 0.1) is 17.2 Å². The summed E-state index contributed by atoms with van der Waals surface area (Å²) in [7, 11) is 0. The summed E-state index contributed by atoms with van der Waals surface area (Å²) in [4.78, 5) is 22.2. The van der Waals surface area contributed by atoms with Crippen LogP contribution in [0.1, 0.15) is 47.0 Å². The summed E-state index contributed by atoms with van der Waals surface area (Å²) < 4.78 is 17.8. The Morgan fingerprint density at radius 2 is 2.03 bits per heavy atom. The number of aliphatic imine (C=N–C) groups is 1. The second kappa shape index (κ2) is 12.3. The largest absolute Gasteiger partial charge is 0.369 e. The van der Waals surface area contributed by atoms with E-state index in [0.717, 1.165) is 36.4 Å². The van der Waals surface area contributed by atoms with Crippen LogP contribution in [-0.2, 0) is 4.79 Å². The van der Waals surface area contributed by atoms with E-state index in [1.807, 2.05) is 33.2 Å². The number of rotatable bonds is 5. The van der Waals surface area contributed by atoms with Crippen LogP contribution in [-0.4, -0.2) is 69.0 Å². The molecule has 0 unspecified atom stereocenters. The van der Waals surface area contributed by atoms with E-state index < -0.39 is 5.67 Å². The number of halogens is 3. The Morgan fingerprint density at radius 3 is 2.63 bits per heavy atom. The molecule has 0 saturated carbocycles. The summed E-state index contributed by atoms with van der Waals surface area (Å²) in [6.07, 6.45) is 7.46. The van der Waals surface area contributed by atoms with E-state index in [1.54, 1.807) is 13.1 Å². The summed E-state index contributed by atoms with van der Waals surface area (Å²) in [5.41, 5.74) is 3.27. The van der Waals surface area contributed by atoms with Crippen LogP contribution in [0.5, 0.6) is 0 Å². The van der Waals surface area contributed by atoms with Crippen LogP contribution >= 0.6 is 45.5 Å². The molecule has 0 radical (unpaired) electrons. The van der Waals surface area contributed by atoms with Gasteiger partial charge in [-0.15, -0.1) is 0 Å². The Bertz CT molecular complexity index is 1010. The van der Waals surface area contributed by atoms with Gasteiger partial charge < -0.3 is 4.90 Å². The van der Waals surface area contributed by atoms with Crippen molar-refractivity contribution in [3.8, 4) is 6.07 Å². The van der Waals surface area contributed by atoms with Crippen molar-refractivity contribution in [3.05, 3.63) is 44.9 Å². The number of nitrogens with zero attached hydrogens (tertiary/aromatic N) is 5. The van der Waals surface area contributed by atoms with Crippen molar-refractivity contribution in [1.29, 1.82) is 5.26 Å². The molecule has 0 N–H and O–H groups in total. The van der Waals surface area contributed by atoms with Crippen LogP contribution in [0.25, 0.3) is 0 Å². The van der Waals surface area contributed by atoms with Crippen molar-refractivity contribution in [2.24, 2.45) is 10.9 Å². The van der Waals surface area contributed by atoms with Gasteiger partial charge in [0.05, 0.1) is 46.7 Å². The van der Waals surface area contributed by atoms with Gasteiger partial charge in [-0.05, 0) is 62.2 Å². The lowest BCUT2D eigenvalue weighted by molar-refractivity contribution is -0.129. The lowest BCUT2D eigenvalue weighted by Crippen LogP contribution is -2.51. The molecule has 190 valence electrons. The first-order chi connectivity index (χ1) is 16.6. The number of hydrogen-bond acceptors (Lipinski definition) is 5. The molecule has 1 aliphatic carbocycles. The third kappa shape index (κ3) is 7.16. The molecule has 6 nitrogen and oxygen atoms in total. The molecule has 35 heavy (non-hydrogen) atoms. The summed E-state index contributed by atoms with van der Waals surface area (Å²) in [5, 5.41) is 9.68. The number of alkyl halides is 1. The standard InChI is InChI=1S/C26H34FI2N5O/c1-18(2)24-22(6-5-20(14-30)25(24)31-10-9-28)33-15-19(3)13-21(16-33)34(29)23(35)17-32-11-7-26(4,27)8-12-32/h5-6,9-10,19,21H,7-8,11-13,15-17H2,1-4H3/b10-9-,31-25-/t19-,21+/m0/s1. The molecule has 2 saturated heterocycles. The highest BCUT2D eigenvalue weighted by Crippen LogP contribution is 2.33. The smallest absolute Gasteiger partial charge is 0.245 e. The summed E-state index contributed by atoms with van der Waals surface area (Å²) in [6.45, 7) is 11.1. The first-order valence-electron chi connectivity index (χ1n) is 12.0. The van der Waals surface area contributed by atoms with Crippen molar-refractivity contribution in [2.45, 2.75) is 58.7 Å². The third-order valence-corrected chi connectivity index (χ3v) is 8.48. The van der Waals surface area contributed by atoms with E-state index in [0.29, 0.717) is 49.7 Å². The Balaban J connectivity index is 1.78. The van der Waals surface area contributed by atoms with E-state index in [9.17, 15) is 14.4 Å². The maximum Gasteiger partial charge on any atom is 0.245 e. The Hall–Kier alpha value is -1.26. The van der Waals surface area contributed by atoms with Gasteiger partial charge in [0.2, 0.25) is 5.91 Å². The van der Waals surface area contributed by atoms with Gasteiger partial charge in [-0.25, -0.2) is 4.39 Å². The molecular formula is C26H34FI2N5O. The summed E-state index contributed by atoms with van der Waals surface area (Å²) >= 11 is 4.29. The number of nitriles is 1. The van der Waals surface area contributed by atoms with Crippen molar-refractivity contribution < 1.29 is 9.18 Å². The normalized spacial score (nSPS) is 26.4.